The Balaban J connectivity index is 1.95. The first-order valence-electron chi connectivity index (χ1n) is 5.76. The van der Waals surface area contributed by atoms with Gasteiger partial charge in [0.25, 0.3) is 0 Å². The van der Waals surface area contributed by atoms with Crippen LogP contribution in [0.2, 0.25) is 0 Å². The molecule has 1 aromatic rings. The van der Waals surface area contributed by atoms with Crippen molar-refractivity contribution in [2.24, 2.45) is 0 Å². The molecular weight excluding hydrogens is 254 g/mol. The minimum absolute atomic E-state index is 0.263. The molecule has 0 saturated carbocycles. The Hall–Kier alpha value is -0.950. The van der Waals surface area contributed by atoms with Crippen molar-refractivity contribution >= 4 is 9.84 Å². The molecule has 1 aliphatic rings. The van der Waals surface area contributed by atoms with Crippen LogP contribution in [0.5, 0.6) is 0 Å². The largest absolute Gasteiger partial charge is 0.387 e. The van der Waals surface area contributed by atoms with E-state index in [9.17, 15) is 13.5 Å². The molecule has 0 aliphatic carbocycles. The van der Waals surface area contributed by atoms with Gasteiger partial charge in [0, 0.05) is 12.8 Å². The number of hydrogen-bond acceptors (Lipinski definition) is 5. The number of nitrogens with one attached hydrogen (secondary N) is 1. The van der Waals surface area contributed by atoms with Crippen LogP contribution < -0.4 is 5.32 Å². The topological polar surface area (TPSA) is 75.6 Å². The van der Waals surface area contributed by atoms with E-state index in [0.717, 1.165) is 6.26 Å². The predicted octanol–water partition coefficient (Wildman–Crippen LogP) is 0.112. The Morgan fingerprint density at radius 2 is 2.00 bits per heavy atom. The summed E-state index contributed by atoms with van der Waals surface area (Å²) in [6, 6.07) is 6.62. The summed E-state index contributed by atoms with van der Waals surface area (Å²) in [6.45, 7) is 1.80. The van der Waals surface area contributed by atoms with Crippen molar-refractivity contribution in [1.82, 2.24) is 5.32 Å². The van der Waals surface area contributed by atoms with Gasteiger partial charge in [-0.05, 0) is 17.7 Å². The number of ether oxygens (including phenoxy) is 1. The molecule has 1 aromatic carbocycles. The van der Waals surface area contributed by atoms with Crippen LogP contribution in [0.25, 0.3) is 0 Å². The minimum atomic E-state index is -3.18. The van der Waals surface area contributed by atoms with Crippen LogP contribution in [0.1, 0.15) is 11.7 Å². The second kappa shape index (κ2) is 5.36. The van der Waals surface area contributed by atoms with Crippen LogP contribution in [0.3, 0.4) is 0 Å². The summed E-state index contributed by atoms with van der Waals surface area (Å²) < 4.78 is 27.6. The molecule has 100 valence electrons. The fraction of sp³-hybridized carbons (Fsp3) is 0.500. The van der Waals surface area contributed by atoms with E-state index in [4.69, 9.17) is 4.74 Å². The van der Waals surface area contributed by atoms with Crippen LogP contribution in [-0.2, 0) is 14.6 Å². The summed E-state index contributed by atoms with van der Waals surface area (Å²) in [5, 5.41) is 13.1. The van der Waals surface area contributed by atoms with E-state index in [2.05, 4.69) is 5.32 Å². The van der Waals surface area contributed by atoms with Gasteiger partial charge in [0.2, 0.25) is 0 Å². The molecule has 2 N–H and O–H groups in total. The highest BCUT2D eigenvalue weighted by Crippen LogP contribution is 2.16. The SMILES string of the molecule is CS(=O)(=O)c1ccc(C(O)CNC2COC2)cc1. The number of aliphatic hydroxyl groups is 1. The third kappa shape index (κ3) is 3.29. The third-order valence-electron chi connectivity index (χ3n) is 2.93. The maximum absolute atomic E-state index is 11.3. The lowest BCUT2D eigenvalue weighted by molar-refractivity contribution is -0.00981. The van der Waals surface area contributed by atoms with E-state index in [1.165, 1.54) is 12.1 Å². The van der Waals surface area contributed by atoms with Crippen molar-refractivity contribution < 1.29 is 18.3 Å². The number of sulfone groups is 1. The molecule has 6 heteroatoms. The lowest BCUT2D eigenvalue weighted by atomic mass is 10.1. The average Bonchev–Trinajstić information content (AvgIpc) is 2.26. The van der Waals surface area contributed by atoms with Crippen molar-refractivity contribution in [1.29, 1.82) is 0 Å². The zero-order valence-electron chi connectivity index (χ0n) is 10.2. The first kappa shape index (κ1) is 13.5. The van der Waals surface area contributed by atoms with Crippen molar-refractivity contribution in [2.45, 2.75) is 17.0 Å². The lowest BCUT2D eigenvalue weighted by Gasteiger charge is -2.28. The maximum atomic E-state index is 11.3. The zero-order chi connectivity index (χ0) is 13.2. The normalized spacial score (nSPS) is 18.3. The van der Waals surface area contributed by atoms with E-state index in [1.54, 1.807) is 12.1 Å². The highest BCUT2D eigenvalue weighted by molar-refractivity contribution is 7.90. The third-order valence-corrected chi connectivity index (χ3v) is 4.06. The molecule has 5 nitrogen and oxygen atoms in total. The summed E-state index contributed by atoms with van der Waals surface area (Å²) in [5.41, 5.74) is 0.704. The smallest absolute Gasteiger partial charge is 0.175 e. The molecular formula is C12H17NO4S. The molecule has 1 aliphatic heterocycles. The first-order chi connectivity index (χ1) is 8.47. The summed E-state index contributed by atoms with van der Waals surface area (Å²) >= 11 is 0. The molecule has 1 fully saturated rings. The van der Waals surface area contributed by atoms with E-state index < -0.39 is 15.9 Å². The van der Waals surface area contributed by atoms with E-state index in [-0.39, 0.29) is 4.90 Å². The quantitative estimate of drug-likeness (QED) is 0.795. The van der Waals surface area contributed by atoms with Gasteiger partial charge in [-0.3, -0.25) is 0 Å². The van der Waals surface area contributed by atoms with Gasteiger partial charge in [0.15, 0.2) is 9.84 Å². The van der Waals surface area contributed by atoms with Crippen LogP contribution in [-0.4, -0.2) is 45.6 Å². The van der Waals surface area contributed by atoms with Crippen molar-refractivity contribution in [3.05, 3.63) is 29.8 Å². The van der Waals surface area contributed by atoms with Gasteiger partial charge in [-0.25, -0.2) is 8.42 Å². The first-order valence-corrected chi connectivity index (χ1v) is 7.65. The molecule has 0 aromatic heterocycles. The Morgan fingerprint density at radius 1 is 1.39 bits per heavy atom. The van der Waals surface area contributed by atoms with Gasteiger partial charge in [-0.1, -0.05) is 12.1 Å². The highest BCUT2D eigenvalue weighted by atomic mass is 32.2. The van der Waals surface area contributed by atoms with Gasteiger partial charge in [0.05, 0.1) is 30.3 Å². The molecule has 0 radical (unpaired) electrons. The summed E-state index contributed by atoms with van der Waals surface area (Å²) in [5.74, 6) is 0. The van der Waals surface area contributed by atoms with Crippen LogP contribution in [0.4, 0.5) is 0 Å². The summed E-state index contributed by atoms with van der Waals surface area (Å²) in [6.07, 6.45) is 0.524. The summed E-state index contributed by atoms with van der Waals surface area (Å²) in [4.78, 5) is 0.263. The standard InChI is InChI=1S/C12H17NO4S/c1-18(15,16)11-4-2-9(3-5-11)12(14)6-13-10-7-17-8-10/h2-5,10,12-14H,6-8H2,1H3. The second-order valence-corrected chi connectivity index (χ2v) is 6.52. The predicted molar refractivity (Wildman–Crippen MR) is 67.1 cm³/mol. The van der Waals surface area contributed by atoms with Gasteiger partial charge >= 0.3 is 0 Å². The maximum Gasteiger partial charge on any atom is 0.175 e. The lowest BCUT2D eigenvalue weighted by Crippen LogP contribution is -2.47. The number of hydrogen-bond donors (Lipinski definition) is 2. The Kier molecular flexibility index (Phi) is 4.01. The Morgan fingerprint density at radius 3 is 2.44 bits per heavy atom. The number of aliphatic hydroxyl groups excluding tert-OH is 1. The Bertz CT molecular complexity index is 493. The number of rotatable bonds is 5. The average molecular weight is 271 g/mol. The fourth-order valence-corrected chi connectivity index (χ4v) is 2.32. The molecule has 1 unspecified atom stereocenters. The molecule has 0 bridgehead atoms. The fourth-order valence-electron chi connectivity index (χ4n) is 1.69. The van der Waals surface area contributed by atoms with E-state index in [1.807, 2.05) is 0 Å². The van der Waals surface area contributed by atoms with Crippen LogP contribution in [0, 0.1) is 0 Å². The minimum Gasteiger partial charge on any atom is -0.387 e. The monoisotopic (exact) mass is 271 g/mol. The van der Waals surface area contributed by atoms with Gasteiger partial charge in [-0.15, -0.1) is 0 Å². The molecule has 0 amide bonds. The van der Waals surface area contributed by atoms with Gasteiger partial charge in [0.1, 0.15) is 0 Å². The van der Waals surface area contributed by atoms with E-state index in [0.29, 0.717) is 31.4 Å². The summed E-state index contributed by atoms with van der Waals surface area (Å²) in [7, 11) is -3.18. The molecule has 1 heterocycles. The molecule has 2 rings (SSSR count). The Labute approximate surface area is 107 Å². The van der Waals surface area contributed by atoms with Crippen molar-refractivity contribution in [3.63, 3.8) is 0 Å². The molecule has 1 atom stereocenters. The highest BCUT2D eigenvalue weighted by Gasteiger charge is 2.19. The molecule has 18 heavy (non-hydrogen) atoms. The molecule has 0 spiro atoms. The van der Waals surface area contributed by atoms with Crippen molar-refractivity contribution in [3.8, 4) is 0 Å². The second-order valence-electron chi connectivity index (χ2n) is 4.50. The van der Waals surface area contributed by atoms with E-state index >= 15 is 0 Å². The van der Waals surface area contributed by atoms with Gasteiger partial charge in [-0.2, -0.15) is 0 Å². The van der Waals surface area contributed by atoms with Crippen LogP contribution in [0.15, 0.2) is 29.2 Å². The van der Waals surface area contributed by atoms with Gasteiger partial charge < -0.3 is 15.2 Å². The number of benzene rings is 1. The van der Waals surface area contributed by atoms with Crippen molar-refractivity contribution in [2.75, 3.05) is 26.0 Å². The zero-order valence-corrected chi connectivity index (χ0v) is 11.0. The molecule has 1 saturated heterocycles. The van der Waals surface area contributed by atoms with Crippen LogP contribution >= 0.6 is 0 Å².